The van der Waals surface area contributed by atoms with Gasteiger partial charge in [0.2, 0.25) is 5.91 Å². The SMILES string of the molecule is CCOc1nc(CC)c(CNC(=O)C(Cc2ccccc2)C(=O)NO)n1Cc1ccc(-c2ccccc2C(=O)O)cc1F. The number of hydroxylamine groups is 1. The molecule has 10 nitrogen and oxygen atoms in total. The number of aromatic nitrogens is 2. The molecule has 3 aromatic carbocycles. The zero-order valence-corrected chi connectivity index (χ0v) is 23.8. The quantitative estimate of drug-likeness (QED) is 0.103. The molecule has 4 N–H and O–H groups in total. The molecule has 0 bridgehead atoms. The summed E-state index contributed by atoms with van der Waals surface area (Å²) in [6.07, 6.45) is 0.571. The van der Waals surface area contributed by atoms with Crippen LogP contribution in [-0.4, -0.2) is 44.3 Å². The van der Waals surface area contributed by atoms with Crippen LogP contribution in [0.1, 0.15) is 46.7 Å². The zero-order valence-electron chi connectivity index (χ0n) is 23.8. The fourth-order valence-corrected chi connectivity index (χ4v) is 4.86. The summed E-state index contributed by atoms with van der Waals surface area (Å²) < 4.78 is 22.9. The van der Waals surface area contributed by atoms with Gasteiger partial charge in [-0.3, -0.25) is 19.4 Å². The molecule has 1 unspecified atom stereocenters. The van der Waals surface area contributed by atoms with E-state index < -0.39 is 29.5 Å². The molecule has 0 saturated heterocycles. The number of nitrogens with one attached hydrogen (secondary N) is 2. The van der Waals surface area contributed by atoms with Crippen LogP contribution < -0.4 is 15.5 Å². The van der Waals surface area contributed by atoms with Gasteiger partial charge in [0.15, 0.2) is 0 Å². The number of carbonyl (C=O) groups excluding carboxylic acids is 2. The molecular weight excluding hydrogens is 555 g/mol. The summed E-state index contributed by atoms with van der Waals surface area (Å²) in [5, 5.41) is 21.6. The van der Waals surface area contributed by atoms with Crippen LogP contribution in [0, 0.1) is 11.7 Å². The predicted octanol–water partition coefficient (Wildman–Crippen LogP) is 4.38. The van der Waals surface area contributed by atoms with Gasteiger partial charge in [0.1, 0.15) is 11.7 Å². The number of carboxylic acid groups (broad SMARTS) is 1. The summed E-state index contributed by atoms with van der Waals surface area (Å²) in [7, 11) is 0. The molecule has 1 heterocycles. The largest absolute Gasteiger partial charge is 0.478 e. The Balaban J connectivity index is 1.62. The number of carboxylic acids is 1. The number of rotatable bonds is 13. The van der Waals surface area contributed by atoms with E-state index in [2.05, 4.69) is 10.3 Å². The Hall–Kier alpha value is -5.03. The van der Waals surface area contributed by atoms with E-state index in [1.165, 1.54) is 12.1 Å². The van der Waals surface area contributed by atoms with E-state index >= 15 is 4.39 Å². The van der Waals surface area contributed by atoms with Crippen LogP contribution in [-0.2, 0) is 35.5 Å². The van der Waals surface area contributed by atoms with Crippen molar-refractivity contribution in [2.45, 2.75) is 39.8 Å². The summed E-state index contributed by atoms with van der Waals surface area (Å²) in [6.45, 7) is 3.97. The van der Waals surface area contributed by atoms with Gasteiger partial charge >= 0.3 is 5.97 Å². The molecule has 1 atom stereocenters. The average molecular weight is 589 g/mol. The molecule has 0 aliphatic heterocycles. The summed E-state index contributed by atoms with van der Waals surface area (Å²) >= 11 is 0. The highest BCUT2D eigenvalue weighted by Crippen LogP contribution is 2.28. The molecule has 0 fully saturated rings. The second-order valence-electron chi connectivity index (χ2n) is 9.75. The smallest absolute Gasteiger partial charge is 0.336 e. The minimum atomic E-state index is -1.20. The molecule has 224 valence electrons. The van der Waals surface area contributed by atoms with Crippen LogP contribution in [0.2, 0.25) is 0 Å². The van der Waals surface area contributed by atoms with Gasteiger partial charge in [-0.05, 0) is 48.6 Å². The first kappa shape index (κ1) is 30.9. The zero-order chi connectivity index (χ0) is 30.9. The van der Waals surface area contributed by atoms with Gasteiger partial charge < -0.3 is 15.2 Å². The number of carbonyl (C=O) groups is 3. The van der Waals surface area contributed by atoms with E-state index in [1.807, 2.05) is 13.0 Å². The van der Waals surface area contributed by atoms with Crippen molar-refractivity contribution in [1.82, 2.24) is 20.3 Å². The highest BCUT2D eigenvalue weighted by Gasteiger charge is 2.28. The number of hydrogen-bond acceptors (Lipinski definition) is 6. The number of halogens is 1. The van der Waals surface area contributed by atoms with Crippen molar-refractivity contribution in [3.8, 4) is 17.1 Å². The lowest BCUT2D eigenvalue weighted by Gasteiger charge is -2.17. The maximum absolute atomic E-state index is 15.5. The highest BCUT2D eigenvalue weighted by molar-refractivity contribution is 6.00. The van der Waals surface area contributed by atoms with Crippen molar-refractivity contribution in [2.75, 3.05) is 6.61 Å². The van der Waals surface area contributed by atoms with Crippen molar-refractivity contribution in [3.63, 3.8) is 0 Å². The maximum atomic E-state index is 15.5. The molecule has 1 aromatic heterocycles. The molecular formula is C32H33FN4O6. The lowest BCUT2D eigenvalue weighted by atomic mass is 9.97. The second-order valence-corrected chi connectivity index (χ2v) is 9.75. The number of imidazole rings is 1. The fraction of sp³-hybridized carbons (Fsp3) is 0.250. The van der Waals surface area contributed by atoms with Gasteiger partial charge in [0.05, 0.1) is 36.6 Å². The third-order valence-corrected chi connectivity index (χ3v) is 7.03. The van der Waals surface area contributed by atoms with E-state index in [1.54, 1.807) is 71.6 Å². The first-order valence-corrected chi connectivity index (χ1v) is 13.8. The Bertz CT molecular complexity index is 1600. The first-order chi connectivity index (χ1) is 20.8. The summed E-state index contributed by atoms with van der Waals surface area (Å²) in [5.74, 6) is -4.30. The van der Waals surface area contributed by atoms with E-state index in [0.717, 1.165) is 5.56 Å². The summed E-state index contributed by atoms with van der Waals surface area (Å²) in [6, 6.07) is 20.1. The van der Waals surface area contributed by atoms with Gasteiger partial charge in [-0.25, -0.2) is 14.7 Å². The van der Waals surface area contributed by atoms with Crippen LogP contribution in [0.5, 0.6) is 6.01 Å². The van der Waals surface area contributed by atoms with E-state index in [-0.39, 0.29) is 31.1 Å². The van der Waals surface area contributed by atoms with Crippen molar-refractivity contribution >= 4 is 17.8 Å². The Morgan fingerprint density at radius 2 is 1.72 bits per heavy atom. The minimum Gasteiger partial charge on any atom is -0.478 e. The molecule has 4 aromatic rings. The number of nitrogens with zero attached hydrogens (tertiary/aromatic N) is 2. The van der Waals surface area contributed by atoms with E-state index in [9.17, 15) is 24.7 Å². The highest BCUT2D eigenvalue weighted by atomic mass is 19.1. The Kier molecular flexibility index (Phi) is 10.2. The lowest BCUT2D eigenvalue weighted by Crippen LogP contribution is -2.41. The third-order valence-electron chi connectivity index (χ3n) is 7.03. The fourth-order valence-electron chi connectivity index (χ4n) is 4.86. The van der Waals surface area contributed by atoms with Gasteiger partial charge in [0.25, 0.3) is 11.9 Å². The molecule has 0 spiro atoms. The average Bonchev–Trinajstić information content (AvgIpc) is 3.35. The molecule has 0 saturated carbocycles. The molecule has 0 aliphatic carbocycles. The number of aryl methyl sites for hydroxylation is 1. The maximum Gasteiger partial charge on any atom is 0.336 e. The molecule has 0 aliphatic rings. The third kappa shape index (κ3) is 7.25. The van der Waals surface area contributed by atoms with E-state index in [0.29, 0.717) is 41.1 Å². The minimum absolute atomic E-state index is 0.0186. The summed E-state index contributed by atoms with van der Waals surface area (Å²) in [5.41, 5.74) is 4.69. The van der Waals surface area contributed by atoms with Crippen molar-refractivity contribution in [1.29, 1.82) is 0 Å². The Labute approximate surface area is 248 Å². The number of benzene rings is 3. The molecule has 43 heavy (non-hydrogen) atoms. The molecule has 11 heteroatoms. The Morgan fingerprint density at radius 1 is 1.00 bits per heavy atom. The van der Waals surface area contributed by atoms with Crippen molar-refractivity contribution in [2.24, 2.45) is 5.92 Å². The predicted molar refractivity (Wildman–Crippen MR) is 156 cm³/mol. The van der Waals surface area contributed by atoms with Crippen LogP contribution in [0.4, 0.5) is 4.39 Å². The lowest BCUT2D eigenvalue weighted by molar-refractivity contribution is -0.140. The van der Waals surface area contributed by atoms with Crippen LogP contribution in [0.25, 0.3) is 11.1 Å². The number of amides is 2. The van der Waals surface area contributed by atoms with Crippen LogP contribution in [0.3, 0.4) is 0 Å². The van der Waals surface area contributed by atoms with Crippen LogP contribution >= 0.6 is 0 Å². The van der Waals surface area contributed by atoms with E-state index in [4.69, 9.17) is 4.74 Å². The van der Waals surface area contributed by atoms with Gasteiger partial charge in [-0.15, -0.1) is 0 Å². The van der Waals surface area contributed by atoms with Gasteiger partial charge in [-0.2, -0.15) is 4.98 Å². The molecule has 2 amide bonds. The van der Waals surface area contributed by atoms with Crippen LogP contribution in [0.15, 0.2) is 72.8 Å². The second kappa shape index (κ2) is 14.2. The molecule has 4 rings (SSSR count). The normalized spacial score (nSPS) is 11.5. The first-order valence-electron chi connectivity index (χ1n) is 13.8. The van der Waals surface area contributed by atoms with Gasteiger partial charge in [0, 0.05) is 5.56 Å². The number of hydrogen-bond donors (Lipinski definition) is 4. The standard InChI is InChI=1S/C32H33FN4O6/c1-3-27-28(18-34-29(38)25(30(39)36-42)16-20-10-6-5-7-11-20)37(32(35-27)43-4-2)19-22-15-14-21(17-26(22)33)23-12-8-9-13-24(23)31(40)41/h5-15,17,25,42H,3-4,16,18-19H2,1-2H3,(H,34,38)(H,36,39)(H,40,41). The monoisotopic (exact) mass is 588 g/mol. The molecule has 0 radical (unpaired) electrons. The van der Waals surface area contributed by atoms with Crippen molar-refractivity contribution in [3.05, 3.63) is 107 Å². The van der Waals surface area contributed by atoms with Gasteiger partial charge in [-0.1, -0.05) is 67.6 Å². The number of aromatic carboxylic acids is 1. The van der Waals surface area contributed by atoms with Crippen molar-refractivity contribution < 1.29 is 33.8 Å². The topological polar surface area (TPSA) is 143 Å². The summed E-state index contributed by atoms with van der Waals surface area (Å²) in [4.78, 5) is 41.8. The Morgan fingerprint density at radius 3 is 2.37 bits per heavy atom. The number of ether oxygens (including phenoxy) is 1.